The molecule has 0 fully saturated rings. The maximum absolute atomic E-state index is 11.1. The van der Waals surface area contributed by atoms with Gasteiger partial charge in [-0.2, -0.15) is 0 Å². The second kappa shape index (κ2) is 7.08. The van der Waals surface area contributed by atoms with E-state index in [1.807, 2.05) is 0 Å². The predicted octanol–water partition coefficient (Wildman–Crippen LogP) is 0.879. The smallest absolute Gasteiger partial charge is 0.337 e. The summed E-state index contributed by atoms with van der Waals surface area (Å²) in [6.07, 6.45) is 0. The van der Waals surface area contributed by atoms with Crippen LogP contribution >= 0.6 is 0 Å². The third-order valence-corrected chi connectivity index (χ3v) is 1.70. The van der Waals surface area contributed by atoms with Gasteiger partial charge in [-0.15, -0.1) is 0 Å². The average Bonchev–Trinajstić information content (AvgIpc) is 2.27. The molecule has 1 aromatic rings. The normalized spacial score (nSPS) is 8.67. The number of methoxy groups -OCH3 is 2. The van der Waals surface area contributed by atoms with E-state index in [0.29, 0.717) is 11.1 Å². The summed E-state index contributed by atoms with van der Waals surface area (Å²) in [5, 5.41) is 0. The molecule has 0 amide bonds. The maximum Gasteiger partial charge on any atom is 0.337 e. The largest absolute Gasteiger partial charge is 0.465 e. The van der Waals surface area contributed by atoms with Crippen LogP contribution in [0.15, 0.2) is 24.3 Å². The van der Waals surface area contributed by atoms with Gasteiger partial charge in [-0.05, 0) is 18.2 Å². The Balaban J connectivity index is 0.00000196. The van der Waals surface area contributed by atoms with E-state index >= 15 is 0 Å². The Hall–Kier alpha value is -0.269. The maximum atomic E-state index is 11.1. The molecule has 0 aliphatic heterocycles. The van der Waals surface area contributed by atoms with E-state index in [2.05, 4.69) is 9.47 Å². The van der Waals surface area contributed by atoms with E-state index in [1.54, 1.807) is 18.2 Å². The van der Waals surface area contributed by atoms with Crippen LogP contribution in [-0.2, 0) is 9.47 Å². The van der Waals surface area contributed by atoms with Gasteiger partial charge in [0.1, 0.15) is 0 Å². The Morgan fingerprint density at radius 2 is 1.40 bits per heavy atom. The molecule has 0 unspecified atom stereocenters. The molecule has 0 saturated heterocycles. The molecule has 1 rings (SSSR count). The van der Waals surface area contributed by atoms with Crippen LogP contribution in [0.3, 0.4) is 0 Å². The number of hydrogen-bond donors (Lipinski definition) is 0. The van der Waals surface area contributed by atoms with E-state index in [-0.39, 0.29) is 48.9 Å². The van der Waals surface area contributed by atoms with E-state index in [0.717, 1.165) is 0 Å². The van der Waals surface area contributed by atoms with Gasteiger partial charge >= 0.3 is 11.9 Å². The molecular weight excluding hydrogens is 321 g/mol. The third-order valence-electron chi connectivity index (χ3n) is 1.70. The summed E-state index contributed by atoms with van der Waals surface area (Å²) in [6.45, 7) is 0. The Kier molecular flexibility index (Phi) is 6.95. The molecule has 0 aliphatic rings. The van der Waals surface area contributed by atoms with E-state index in [4.69, 9.17) is 0 Å². The SMILES string of the molecule is COC(=O)c1cccc(C(=O)OC)c1.[Ba]. The fourth-order valence-corrected chi connectivity index (χ4v) is 1.01. The van der Waals surface area contributed by atoms with Crippen LogP contribution in [0.2, 0.25) is 0 Å². The molecule has 0 bridgehead atoms. The molecule has 76 valence electrons. The molecule has 0 spiro atoms. The van der Waals surface area contributed by atoms with Gasteiger partial charge in [0.2, 0.25) is 0 Å². The summed E-state index contributed by atoms with van der Waals surface area (Å²) in [4.78, 5) is 22.2. The number of rotatable bonds is 2. The summed E-state index contributed by atoms with van der Waals surface area (Å²) in [5.41, 5.74) is 0.658. The average molecular weight is 332 g/mol. The van der Waals surface area contributed by atoms with Crippen molar-refractivity contribution in [3.8, 4) is 0 Å². The predicted molar refractivity (Wildman–Crippen MR) is 54.9 cm³/mol. The van der Waals surface area contributed by atoms with E-state index < -0.39 is 11.9 Å². The molecule has 0 atom stereocenters. The zero-order chi connectivity index (χ0) is 10.6. The van der Waals surface area contributed by atoms with Crippen LogP contribution in [0.25, 0.3) is 0 Å². The van der Waals surface area contributed by atoms with Crippen LogP contribution in [0, 0.1) is 0 Å². The van der Waals surface area contributed by atoms with Crippen molar-refractivity contribution in [2.45, 2.75) is 0 Å². The summed E-state index contributed by atoms with van der Waals surface area (Å²) in [6, 6.07) is 6.16. The standard InChI is InChI=1S/C10H10O4.Ba/c1-13-9(11)7-4-3-5-8(6-7)10(12)14-2;/h3-6H,1-2H3;. The van der Waals surface area contributed by atoms with Crippen molar-refractivity contribution in [1.82, 2.24) is 0 Å². The third kappa shape index (κ3) is 4.00. The van der Waals surface area contributed by atoms with Gasteiger partial charge in [0.25, 0.3) is 0 Å². The van der Waals surface area contributed by atoms with Gasteiger partial charge in [0.15, 0.2) is 0 Å². The number of esters is 2. The van der Waals surface area contributed by atoms with Gasteiger partial charge in [-0.3, -0.25) is 0 Å². The van der Waals surface area contributed by atoms with Crippen LogP contribution in [0.5, 0.6) is 0 Å². The fourth-order valence-electron chi connectivity index (χ4n) is 1.01. The van der Waals surface area contributed by atoms with Gasteiger partial charge in [0, 0.05) is 48.9 Å². The second-order valence-electron chi connectivity index (χ2n) is 2.56. The molecular formula is C10H10BaO4. The first-order valence-electron chi connectivity index (χ1n) is 3.95. The number of benzene rings is 1. The monoisotopic (exact) mass is 332 g/mol. The summed E-state index contributed by atoms with van der Waals surface area (Å²) in [7, 11) is 2.57. The number of carbonyl (C=O) groups is 2. The summed E-state index contributed by atoms with van der Waals surface area (Å²) >= 11 is 0. The van der Waals surface area contributed by atoms with Crippen molar-refractivity contribution in [1.29, 1.82) is 0 Å². The van der Waals surface area contributed by atoms with Gasteiger partial charge in [-0.1, -0.05) is 6.07 Å². The van der Waals surface area contributed by atoms with Crippen LogP contribution in [-0.4, -0.2) is 75.0 Å². The van der Waals surface area contributed by atoms with E-state index in [1.165, 1.54) is 20.3 Å². The molecule has 0 N–H and O–H groups in total. The molecule has 4 nitrogen and oxygen atoms in total. The second-order valence-corrected chi connectivity index (χ2v) is 2.56. The van der Waals surface area contributed by atoms with Crippen LogP contribution < -0.4 is 0 Å². The van der Waals surface area contributed by atoms with Crippen molar-refractivity contribution in [2.75, 3.05) is 14.2 Å². The fraction of sp³-hybridized carbons (Fsp3) is 0.200. The number of hydrogen-bond acceptors (Lipinski definition) is 4. The number of carbonyl (C=O) groups excluding carboxylic acids is 2. The van der Waals surface area contributed by atoms with Gasteiger partial charge in [-0.25, -0.2) is 9.59 Å². The summed E-state index contributed by atoms with van der Waals surface area (Å²) < 4.78 is 9.03. The Morgan fingerprint density at radius 1 is 1.00 bits per heavy atom. The minimum Gasteiger partial charge on any atom is -0.465 e. The van der Waals surface area contributed by atoms with E-state index in [9.17, 15) is 9.59 Å². The molecule has 0 aliphatic carbocycles. The first kappa shape index (κ1) is 14.7. The Bertz CT molecular complexity index is 331. The molecule has 0 aromatic heterocycles. The number of ether oxygens (including phenoxy) is 2. The van der Waals surface area contributed by atoms with Crippen LogP contribution in [0.1, 0.15) is 20.7 Å². The molecule has 0 saturated carbocycles. The molecule has 2 radical (unpaired) electrons. The van der Waals surface area contributed by atoms with Gasteiger partial charge in [0.05, 0.1) is 25.3 Å². The first-order valence-corrected chi connectivity index (χ1v) is 3.95. The molecule has 0 heterocycles. The molecule has 1 aromatic carbocycles. The minimum absolute atomic E-state index is 0. The molecule has 15 heavy (non-hydrogen) atoms. The van der Waals surface area contributed by atoms with Crippen molar-refractivity contribution >= 4 is 60.8 Å². The first-order chi connectivity index (χ1) is 6.69. The quantitative estimate of drug-likeness (QED) is 0.596. The van der Waals surface area contributed by atoms with Crippen LogP contribution in [0.4, 0.5) is 0 Å². The van der Waals surface area contributed by atoms with Crippen molar-refractivity contribution in [3.63, 3.8) is 0 Å². The van der Waals surface area contributed by atoms with Crippen molar-refractivity contribution < 1.29 is 19.1 Å². The topological polar surface area (TPSA) is 52.6 Å². The molecule has 5 heteroatoms. The zero-order valence-electron chi connectivity index (χ0n) is 8.65. The Morgan fingerprint density at radius 3 is 1.73 bits per heavy atom. The van der Waals surface area contributed by atoms with Crippen molar-refractivity contribution in [3.05, 3.63) is 35.4 Å². The Labute approximate surface area is 128 Å². The summed E-state index contributed by atoms with van der Waals surface area (Å²) in [5.74, 6) is -0.952. The zero-order valence-corrected chi connectivity index (χ0v) is 13.1. The minimum atomic E-state index is -0.476. The van der Waals surface area contributed by atoms with Crippen molar-refractivity contribution in [2.24, 2.45) is 0 Å². The van der Waals surface area contributed by atoms with Gasteiger partial charge < -0.3 is 9.47 Å².